The largest absolute Gasteiger partial charge is 0.394 e. The first-order valence-electron chi connectivity index (χ1n) is 6.80. The van der Waals surface area contributed by atoms with Crippen molar-refractivity contribution in [1.29, 1.82) is 0 Å². The van der Waals surface area contributed by atoms with Gasteiger partial charge >= 0.3 is 0 Å². The van der Waals surface area contributed by atoms with Crippen molar-refractivity contribution in [3.63, 3.8) is 0 Å². The smallest absolute Gasteiger partial charge is 0.264 e. The fourth-order valence-corrected chi connectivity index (χ4v) is 2.27. The Balaban J connectivity index is 2.21. The molecule has 3 unspecified atom stereocenters. The van der Waals surface area contributed by atoms with Gasteiger partial charge in [-0.05, 0) is 12.1 Å². The number of benzene rings is 1. The number of primary amides is 1. The lowest BCUT2D eigenvalue weighted by Gasteiger charge is -2.33. The molecule has 0 saturated carbocycles. The molecule has 0 aliphatic carbocycles. The molecule has 0 aromatic heterocycles. The van der Waals surface area contributed by atoms with Crippen LogP contribution >= 0.6 is 0 Å². The molecule has 1 heterocycles. The number of aliphatic hydroxyl groups excluding tert-OH is 4. The lowest BCUT2D eigenvalue weighted by molar-refractivity contribution is -0.112. The molecule has 8 heteroatoms. The zero-order valence-electron chi connectivity index (χ0n) is 11.8. The van der Waals surface area contributed by atoms with E-state index in [1.165, 1.54) is 0 Å². The fourth-order valence-electron chi connectivity index (χ4n) is 2.27. The highest BCUT2D eigenvalue weighted by atomic mass is 16.4. The molecule has 0 spiro atoms. The highest BCUT2D eigenvalue weighted by Gasteiger charge is 2.29. The van der Waals surface area contributed by atoms with E-state index >= 15 is 0 Å². The summed E-state index contributed by atoms with van der Waals surface area (Å²) in [5.41, 5.74) is 6.62. The molecule has 0 fully saturated rings. The van der Waals surface area contributed by atoms with Gasteiger partial charge in [-0.3, -0.25) is 4.79 Å². The van der Waals surface area contributed by atoms with Crippen LogP contribution in [0.4, 0.5) is 11.4 Å². The number of hydrogen-bond donors (Lipinski definition) is 5. The van der Waals surface area contributed by atoms with Crippen molar-refractivity contribution in [1.82, 2.24) is 0 Å². The molecule has 22 heavy (non-hydrogen) atoms. The second-order valence-electron chi connectivity index (χ2n) is 5.10. The third-order valence-electron chi connectivity index (χ3n) is 3.49. The normalized spacial score (nSPS) is 18.2. The Morgan fingerprint density at radius 1 is 1.27 bits per heavy atom. The Kier molecular flexibility index (Phi) is 5.09. The Morgan fingerprint density at radius 2 is 1.95 bits per heavy atom. The molecule has 1 amide bonds. The number of para-hydroxylation sites is 2. The third-order valence-corrected chi connectivity index (χ3v) is 3.49. The number of nitrogens with zero attached hydrogens (tertiary/aromatic N) is 2. The van der Waals surface area contributed by atoms with Crippen LogP contribution in [0.3, 0.4) is 0 Å². The van der Waals surface area contributed by atoms with Gasteiger partial charge in [0, 0.05) is 6.54 Å². The maximum atomic E-state index is 11.4. The first-order valence-corrected chi connectivity index (χ1v) is 6.80. The van der Waals surface area contributed by atoms with E-state index in [1.807, 2.05) is 0 Å². The summed E-state index contributed by atoms with van der Waals surface area (Å²) < 4.78 is 0. The van der Waals surface area contributed by atoms with Gasteiger partial charge < -0.3 is 31.1 Å². The molecule has 1 aromatic carbocycles. The minimum absolute atomic E-state index is 0.0540. The monoisotopic (exact) mass is 309 g/mol. The molecular weight excluding hydrogens is 290 g/mol. The van der Waals surface area contributed by atoms with E-state index in [-0.39, 0.29) is 18.8 Å². The van der Waals surface area contributed by atoms with Gasteiger partial charge in [0.25, 0.3) is 5.91 Å². The predicted octanol–water partition coefficient (Wildman–Crippen LogP) is -1.86. The number of carbonyl (C=O) groups excluding carboxylic acids is 1. The van der Waals surface area contributed by atoms with E-state index in [1.54, 1.807) is 29.2 Å². The van der Waals surface area contributed by atoms with Crippen LogP contribution in [0.2, 0.25) is 0 Å². The molecule has 2 rings (SSSR count). The minimum atomic E-state index is -1.51. The number of hydrogen-bond acceptors (Lipinski definition) is 7. The van der Waals surface area contributed by atoms with Crippen LogP contribution < -0.4 is 10.6 Å². The molecule has 6 N–H and O–H groups in total. The number of aliphatic hydroxyl groups is 4. The number of carbonyl (C=O) groups is 1. The maximum Gasteiger partial charge on any atom is 0.264 e. The minimum Gasteiger partial charge on any atom is -0.394 e. The molecule has 120 valence electrons. The van der Waals surface area contributed by atoms with Gasteiger partial charge in [0.05, 0.1) is 30.6 Å². The number of amides is 1. The van der Waals surface area contributed by atoms with E-state index in [0.717, 1.165) is 0 Å². The van der Waals surface area contributed by atoms with Crippen LogP contribution in [-0.4, -0.2) is 70.1 Å². The van der Waals surface area contributed by atoms with Gasteiger partial charge in [0.2, 0.25) is 0 Å². The average Bonchev–Trinajstić information content (AvgIpc) is 2.52. The standard InChI is InChI=1S/C14H19N3O5/c15-14(22)9-5-17(6-11(19)13(21)12(20)7-18)10-4-2-1-3-8(10)16-9/h1-4,11-13,18-21H,5-7H2,(H2,15,22). The van der Waals surface area contributed by atoms with Gasteiger partial charge in [-0.15, -0.1) is 0 Å². The second kappa shape index (κ2) is 6.84. The molecule has 0 radical (unpaired) electrons. The van der Waals surface area contributed by atoms with Gasteiger partial charge in [-0.2, -0.15) is 0 Å². The molecule has 1 aromatic rings. The van der Waals surface area contributed by atoms with Gasteiger partial charge in [-0.25, -0.2) is 4.99 Å². The predicted molar refractivity (Wildman–Crippen MR) is 80.1 cm³/mol. The van der Waals surface area contributed by atoms with E-state index in [4.69, 9.17) is 10.8 Å². The average molecular weight is 309 g/mol. The van der Waals surface area contributed by atoms with Crippen molar-refractivity contribution >= 4 is 23.0 Å². The molecule has 1 aliphatic rings. The van der Waals surface area contributed by atoms with Gasteiger partial charge in [-0.1, -0.05) is 12.1 Å². The highest BCUT2D eigenvalue weighted by Crippen LogP contribution is 2.32. The number of aliphatic imine (C=N–C) groups is 1. The van der Waals surface area contributed by atoms with Crippen molar-refractivity contribution in [2.45, 2.75) is 18.3 Å². The zero-order valence-corrected chi connectivity index (χ0v) is 11.8. The Bertz CT molecular complexity index is 577. The molecule has 8 nitrogen and oxygen atoms in total. The van der Waals surface area contributed by atoms with Crippen LogP contribution in [0.15, 0.2) is 29.3 Å². The van der Waals surface area contributed by atoms with Crippen molar-refractivity contribution in [3.05, 3.63) is 24.3 Å². The number of β-amino-alcohol motifs (C(OH)–C–C–N with tert-alkyl or cyclic N) is 1. The summed E-state index contributed by atoms with van der Waals surface area (Å²) in [6, 6.07) is 7.00. The molecular formula is C14H19N3O5. The van der Waals surface area contributed by atoms with E-state index in [9.17, 15) is 20.1 Å². The van der Waals surface area contributed by atoms with Crippen molar-refractivity contribution in [2.75, 3.05) is 24.6 Å². The van der Waals surface area contributed by atoms with Crippen LogP contribution in [0.1, 0.15) is 0 Å². The summed E-state index contributed by atoms with van der Waals surface area (Å²) in [5, 5.41) is 37.9. The van der Waals surface area contributed by atoms with Gasteiger partial charge in [0.15, 0.2) is 0 Å². The summed E-state index contributed by atoms with van der Waals surface area (Å²) in [6.45, 7) is -0.629. The molecule has 1 aliphatic heterocycles. The first-order chi connectivity index (χ1) is 10.4. The lowest BCUT2D eigenvalue weighted by atomic mass is 10.1. The van der Waals surface area contributed by atoms with Crippen LogP contribution in [-0.2, 0) is 4.79 Å². The fraction of sp³-hybridized carbons (Fsp3) is 0.429. The van der Waals surface area contributed by atoms with E-state index < -0.39 is 30.8 Å². The summed E-state index contributed by atoms with van der Waals surface area (Å²) in [4.78, 5) is 17.2. The summed E-state index contributed by atoms with van der Waals surface area (Å²) in [7, 11) is 0. The number of nitrogens with two attached hydrogens (primary N) is 1. The second-order valence-corrected chi connectivity index (χ2v) is 5.10. The van der Waals surface area contributed by atoms with E-state index in [2.05, 4.69) is 4.99 Å². The van der Waals surface area contributed by atoms with Gasteiger partial charge in [0.1, 0.15) is 17.9 Å². The third kappa shape index (κ3) is 3.42. The number of anilines is 1. The quantitative estimate of drug-likeness (QED) is 0.417. The van der Waals surface area contributed by atoms with Crippen molar-refractivity contribution in [2.24, 2.45) is 10.7 Å². The summed E-state index contributed by atoms with van der Waals surface area (Å²) >= 11 is 0. The van der Waals surface area contributed by atoms with Crippen LogP contribution in [0.25, 0.3) is 0 Å². The molecule has 0 saturated heterocycles. The SMILES string of the molecule is NC(=O)C1=Nc2ccccc2N(CC(O)C(O)C(O)CO)C1. The maximum absolute atomic E-state index is 11.4. The number of fused-ring (bicyclic) bond motifs is 1. The topological polar surface area (TPSA) is 140 Å². The Morgan fingerprint density at radius 3 is 2.59 bits per heavy atom. The van der Waals surface area contributed by atoms with Crippen LogP contribution in [0, 0.1) is 0 Å². The molecule has 3 atom stereocenters. The Hall–Kier alpha value is -2.00. The highest BCUT2D eigenvalue weighted by molar-refractivity contribution is 6.40. The van der Waals surface area contributed by atoms with Crippen molar-refractivity contribution in [3.8, 4) is 0 Å². The van der Waals surface area contributed by atoms with E-state index in [0.29, 0.717) is 11.4 Å². The Labute approximate surface area is 127 Å². The lowest BCUT2D eigenvalue weighted by Crippen LogP contribution is -2.48. The van der Waals surface area contributed by atoms with Crippen molar-refractivity contribution < 1.29 is 25.2 Å². The summed E-state index contributed by atoms with van der Waals surface area (Å²) in [5.74, 6) is -0.662. The molecule has 0 bridgehead atoms. The number of rotatable bonds is 6. The van der Waals surface area contributed by atoms with Crippen LogP contribution in [0.5, 0.6) is 0 Å². The zero-order chi connectivity index (χ0) is 16.3. The summed E-state index contributed by atoms with van der Waals surface area (Å²) in [6.07, 6.45) is -4.27. The first kappa shape index (κ1) is 16.4.